The van der Waals surface area contributed by atoms with Crippen LogP contribution in [-0.2, 0) is 4.79 Å². The molecule has 90 valence electrons. The Bertz CT molecular complexity index is 345. The highest BCUT2D eigenvalue weighted by Gasteiger charge is 2.32. The molecule has 0 aliphatic heterocycles. The highest BCUT2D eigenvalue weighted by atomic mass is 32.1. The van der Waals surface area contributed by atoms with E-state index in [1.807, 2.05) is 20.8 Å². The Morgan fingerprint density at radius 3 is 2.69 bits per heavy atom. The van der Waals surface area contributed by atoms with Crippen LogP contribution in [0.1, 0.15) is 20.8 Å². The molecule has 16 heavy (non-hydrogen) atoms. The standard InChI is InChI=1S/C10H17N3O2S/c1-10(2,3)8(14)7(11)9(15)12-6-4-5-16-13-6/h4-5,7-8,14H,11H2,1-3H3,(H,12,13,15). The van der Waals surface area contributed by atoms with Crippen molar-refractivity contribution in [3.63, 3.8) is 0 Å². The van der Waals surface area contributed by atoms with Crippen molar-refractivity contribution in [2.24, 2.45) is 11.1 Å². The third-order valence-electron chi connectivity index (χ3n) is 2.22. The van der Waals surface area contributed by atoms with Crippen LogP contribution in [0.5, 0.6) is 0 Å². The third kappa shape index (κ3) is 3.26. The molecule has 0 spiro atoms. The van der Waals surface area contributed by atoms with Gasteiger partial charge in [0.25, 0.3) is 0 Å². The number of nitrogens with one attached hydrogen (secondary N) is 1. The van der Waals surface area contributed by atoms with Gasteiger partial charge in [-0.05, 0) is 23.0 Å². The molecule has 0 aromatic carbocycles. The van der Waals surface area contributed by atoms with Crippen molar-refractivity contribution in [2.45, 2.75) is 32.9 Å². The molecule has 2 unspecified atom stereocenters. The van der Waals surface area contributed by atoms with Crippen molar-refractivity contribution in [1.82, 2.24) is 4.37 Å². The fourth-order valence-electron chi connectivity index (χ4n) is 1.17. The van der Waals surface area contributed by atoms with Crippen molar-refractivity contribution in [3.8, 4) is 0 Å². The fourth-order valence-corrected chi connectivity index (χ4v) is 1.64. The highest BCUT2D eigenvalue weighted by Crippen LogP contribution is 2.21. The lowest BCUT2D eigenvalue weighted by molar-refractivity contribution is -0.121. The van der Waals surface area contributed by atoms with Gasteiger partial charge < -0.3 is 16.2 Å². The van der Waals surface area contributed by atoms with Gasteiger partial charge in [-0.1, -0.05) is 20.8 Å². The fraction of sp³-hybridized carbons (Fsp3) is 0.600. The Labute approximate surface area is 98.8 Å². The first-order valence-corrected chi connectivity index (χ1v) is 5.81. The molecule has 0 fully saturated rings. The Hall–Kier alpha value is -0.980. The van der Waals surface area contributed by atoms with Crippen molar-refractivity contribution >= 4 is 23.3 Å². The second-order valence-corrected chi connectivity index (χ2v) is 5.38. The Morgan fingerprint density at radius 2 is 2.25 bits per heavy atom. The number of aliphatic hydroxyl groups excluding tert-OH is 1. The molecule has 0 aliphatic carbocycles. The SMILES string of the molecule is CC(C)(C)C(O)C(N)C(=O)Nc1ccsn1. The van der Waals surface area contributed by atoms with Gasteiger partial charge in [0.1, 0.15) is 11.9 Å². The van der Waals surface area contributed by atoms with Crippen LogP contribution in [0.15, 0.2) is 11.4 Å². The maximum atomic E-state index is 11.7. The first-order chi connectivity index (χ1) is 7.32. The van der Waals surface area contributed by atoms with Gasteiger partial charge in [-0.3, -0.25) is 4.79 Å². The summed E-state index contributed by atoms with van der Waals surface area (Å²) in [7, 11) is 0. The summed E-state index contributed by atoms with van der Waals surface area (Å²) in [5.41, 5.74) is 5.25. The van der Waals surface area contributed by atoms with Gasteiger partial charge in [-0.15, -0.1) is 0 Å². The first kappa shape index (κ1) is 13.1. The smallest absolute Gasteiger partial charge is 0.245 e. The predicted molar refractivity (Wildman–Crippen MR) is 64.2 cm³/mol. The predicted octanol–water partition coefficient (Wildman–Crippen LogP) is 0.816. The van der Waals surface area contributed by atoms with Crippen LogP contribution in [0.3, 0.4) is 0 Å². The molecule has 0 radical (unpaired) electrons. The van der Waals surface area contributed by atoms with Crippen LogP contribution in [0.4, 0.5) is 5.82 Å². The number of carbonyl (C=O) groups is 1. The summed E-state index contributed by atoms with van der Waals surface area (Å²) >= 11 is 1.24. The minimum Gasteiger partial charge on any atom is -0.390 e. The maximum Gasteiger partial charge on any atom is 0.245 e. The normalized spacial score (nSPS) is 15.6. The number of nitrogens with two attached hydrogens (primary N) is 1. The van der Waals surface area contributed by atoms with Gasteiger partial charge in [0, 0.05) is 5.38 Å². The first-order valence-electron chi connectivity index (χ1n) is 4.97. The lowest BCUT2D eigenvalue weighted by Gasteiger charge is -2.29. The summed E-state index contributed by atoms with van der Waals surface area (Å²) in [5.74, 6) is 0.0416. The van der Waals surface area contributed by atoms with E-state index in [4.69, 9.17) is 5.73 Å². The number of rotatable bonds is 3. The Kier molecular flexibility index (Phi) is 4.01. The van der Waals surface area contributed by atoms with Gasteiger partial charge >= 0.3 is 0 Å². The molecule has 5 nitrogen and oxygen atoms in total. The lowest BCUT2D eigenvalue weighted by Crippen LogP contribution is -2.50. The van der Waals surface area contributed by atoms with E-state index < -0.39 is 23.5 Å². The largest absolute Gasteiger partial charge is 0.390 e. The third-order valence-corrected chi connectivity index (χ3v) is 2.78. The van der Waals surface area contributed by atoms with E-state index in [2.05, 4.69) is 9.69 Å². The molecule has 1 rings (SSSR count). The molecule has 0 saturated carbocycles. The van der Waals surface area contributed by atoms with Crippen molar-refractivity contribution < 1.29 is 9.90 Å². The number of aliphatic hydroxyl groups is 1. The van der Waals surface area contributed by atoms with Gasteiger partial charge in [-0.25, -0.2) is 0 Å². The van der Waals surface area contributed by atoms with Crippen molar-refractivity contribution in [3.05, 3.63) is 11.4 Å². The van der Waals surface area contributed by atoms with E-state index in [9.17, 15) is 9.90 Å². The zero-order valence-electron chi connectivity index (χ0n) is 9.60. The van der Waals surface area contributed by atoms with Crippen LogP contribution >= 0.6 is 11.5 Å². The zero-order valence-corrected chi connectivity index (χ0v) is 10.4. The quantitative estimate of drug-likeness (QED) is 0.733. The average Bonchev–Trinajstić information content (AvgIpc) is 2.66. The summed E-state index contributed by atoms with van der Waals surface area (Å²) in [6.07, 6.45) is -0.897. The molecule has 4 N–H and O–H groups in total. The van der Waals surface area contributed by atoms with E-state index in [0.29, 0.717) is 5.82 Å². The number of hydrogen-bond acceptors (Lipinski definition) is 5. The van der Waals surface area contributed by atoms with Gasteiger partial charge in [0.15, 0.2) is 0 Å². The maximum absolute atomic E-state index is 11.7. The van der Waals surface area contributed by atoms with E-state index in [1.54, 1.807) is 11.4 Å². The molecular formula is C10H17N3O2S. The molecule has 1 heterocycles. The van der Waals surface area contributed by atoms with Crippen LogP contribution in [0.25, 0.3) is 0 Å². The van der Waals surface area contributed by atoms with Crippen molar-refractivity contribution in [1.29, 1.82) is 0 Å². The number of hydrogen-bond donors (Lipinski definition) is 3. The average molecular weight is 243 g/mol. The van der Waals surface area contributed by atoms with Crippen LogP contribution in [0.2, 0.25) is 0 Å². The van der Waals surface area contributed by atoms with Gasteiger partial charge in [-0.2, -0.15) is 4.37 Å². The molecule has 1 amide bonds. The Morgan fingerprint density at radius 1 is 1.62 bits per heavy atom. The zero-order chi connectivity index (χ0) is 12.3. The minimum atomic E-state index is -0.957. The summed E-state index contributed by atoms with van der Waals surface area (Å²) in [6, 6.07) is 0.723. The Balaban J connectivity index is 2.61. The van der Waals surface area contributed by atoms with E-state index in [0.717, 1.165) is 0 Å². The van der Waals surface area contributed by atoms with Gasteiger partial charge in [0.05, 0.1) is 6.10 Å². The molecule has 0 bridgehead atoms. The number of amides is 1. The molecule has 1 aromatic rings. The molecule has 2 atom stereocenters. The molecule has 1 aromatic heterocycles. The number of carbonyl (C=O) groups excluding carboxylic acids is 1. The topological polar surface area (TPSA) is 88.2 Å². The number of aromatic nitrogens is 1. The van der Waals surface area contributed by atoms with E-state index in [-0.39, 0.29) is 0 Å². The highest BCUT2D eigenvalue weighted by molar-refractivity contribution is 7.03. The summed E-state index contributed by atoms with van der Waals surface area (Å²) in [6.45, 7) is 5.48. The second kappa shape index (κ2) is 4.90. The number of anilines is 1. The summed E-state index contributed by atoms with van der Waals surface area (Å²) in [5, 5.41) is 14.2. The molecular weight excluding hydrogens is 226 g/mol. The lowest BCUT2D eigenvalue weighted by atomic mass is 9.85. The van der Waals surface area contributed by atoms with E-state index >= 15 is 0 Å². The second-order valence-electron chi connectivity index (χ2n) is 4.71. The van der Waals surface area contributed by atoms with Crippen LogP contribution < -0.4 is 11.1 Å². The van der Waals surface area contributed by atoms with Crippen LogP contribution in [0, 0.1) is 5.41 Å². The monoisotopic (exact) mass is 243 g/mol. The van der Waals surface area contributed by atoms with Crippen LogP contribution in [-0.4, -0.2) is 27.5 Å². The minimum absolute atomic E-state index is 0.423. The summed E-state index contributed by atoms with van der Waals surface area (Å²) < 4.78 is 3.93. The molecule has 6 heteroatoms. The molecule has 0 saturated heterocycles. The van der Waals surface area contributed by atoms with E-state index in [1.165, 1.54) is 11.5 Å². The van der Waals surface area contributed by atoms with Gasteiger partial charge in [0.2, 0.25) is 5.91 Å². The number of nitrogens with zero attached hydrogens (tertiary/aromatic N) is 1. The molecule has 0 aliphatic rings. The van der Waals surface area contributed by atoms with Crippen molar-refractivity contribution in [2.75, 3.05) is 5.32 Å². The summed E-state index contributed by atoms with van der Waals surface area (Å²) in [4.78, 5) is 11.7.